The van der Waals surface area contributed by atoms with Gasteiger partial charge in [0.1, 0.15) is 11.9 Å². The highest BCUT2D eigenvalue weighted by Gasteiger charge is 2.22. The Morgan fingerprint density at radius 1 is 1.05 bits per heavy atom. The van der Waals surface area contributed by atoms with Crippen molar-refractivity contribution in [1.29, 1.82) is 0 Å². The molecule has 19 heavy (non-hydrogen) atoms. The lowest BCUT2D eigenvalue weighted by molar-refractivity contribution is 0.230. The second-order valence-electron chi connectivity index (χ2n) is 4.39. The van der Waals surface area contributed by atoms with E-state index in [1.807, 2.05) is 54.6 Å². The number of rotatable bonds is 3. The molecule has 1 heterocycles. The fourth-order valence-electron chi connectivity index (χ4n) is 2.11. The number of aliphatic imine (C=N–C) groups is 1. The van der Waals surface area contributed by atoms with Gasteiger partial charge in [0, 0.05) is 5.56 Å². The van der Waals surface area contributed by atoms with Crippen molar-refractivity contribution < 1.29 is 9.47 Å². The monoisotopic (exact) mass is 253 g/mol. The van der Waals surface area contributed by atoms with Crippen molar-refractivity contribution in [3.8, 4) is 5.75 Å². The zero-order valence-corrected chi connectivity index (χ0v) is 10.7. The SMILES string of the molecule is COc1ccc([C@H]2CN=C(c3ccccc3)O2)cc1. The summed E-state index contributed by atoms with van der Waals surface area (Å²) in [6.45, 7) is 0.663. The zero-order valence-electron chi connectivity index (χ0n) is 10.7. The first kappa shape index (κ1) is 11.8. The van der Waals surface area contributed by atoms with Crippen molar-refractivity contribution in [3.63, 3.8) is 0 Å². The van der Waals surface area contributed by atoms with Gasteiger partial charge in [-0.2, -0.15) is 0 Å². The molecule has 0 aromatic heterocycles. The molecule has 0 amide bonds. The number of benzene rings is 2. The van der Waals surface area contributed by atoms with Crippen LogP contribution in [0.25, 0.3) is 0 Å². The molecular formula is C16H15NO2. The van der Waals surface area contributed by atoms with Crippen molar-refractivity contribution in [2.45, 2.75) is 6.10 Å². The summed E-state index contributed by atoms with van der Waals surface area (Å²) in [4.78, 5) is 4.47. The summed E-state index contributed by atoms with van der Waals surface area (Å²) in [5.41, 5.74) is 2.15. The first-order valence-corrected chi connectivity index (χ1v) is 6.27. The van der Waals surface area contributed by atoms with E-state index < -0.39 is 0 Å². The van der Waals surface area contributed by atoms with Gasteiger partial charge in [-0.3, -0.25) is 0 Å². The Balaban J connectivity index is 1.73. The molecule has 2 aromatic carbocycles. The van der Waals surface area contributed by atoms with Crippen LogP contribution in [0.1, 0.15) is 17.2 Å². The molecule has 0 saturated carbocycles. The standard InChI is InChI=1S/C16H15NO2/c1-18-14-9-7-12(8-10-14)15-11-17-16(19-15)13-5-3-2-4-6-13/h2-10,15H,11H2,1H3/t15-/m1/s1. The highest BCUT2D eigenvalue weighted by Crippen LogP contribution is 2.26. The van der Waals surface area contributed by atoms with Gasteiger partial charge >= 0.3 is 0 Å². The van der Waals surface area contributed by atoms with E-state index in [-0.39, 0.29) is 6.10 Å². The summed E-state index contributed by atoms with van der Waals surface area (Å²) in [5.74, 6) is 1.58. The Morgan fingerprint density at radius 2 is 1.79 bits per heavy atom. The Morgan fingerprint density at radius 3 is 2.47 bits per heavy atom. The van der Waals surface area contributed by atoms with Crippen molar-refractivity contribution in [2.75, 3.05) is 13.7 Å². The third-order valence-electron chi connectivity index (χ3n) is 3.16. The molecule has 0 N–H and O–H groups in total. The minimum Gasteiger partial charge on any atom is -0.497 e. The van der Waals surface area contributed by atoms with Gasteiger partial charge in [0.05, 0.1) is 13.7 Å². The molecule has 3 heteroatoms. The van der Waals surface area contributed by atoms with Gasteiger partial charge in [0.15, 0.2) is 0 Å². The van der Waals surface area contributed by atoms with Crippen LogP contribution in [-0.2, 0) is 4.74 Å². The molecule has 3 nitrogen and oxygen atoms in total. The van der Waals surface area contributed by atoms with Gasteiger partial charge in [-0.05, 0) is 29.8 Å². The minimum atomic E-state index is 0.00103. The molecule has 0 saturated heterocycles. The topological polar surface area (TPSA) is 30.8 Å². The van der Waals surface area contributed by atoms with Gasteiger partial charge in [0.2, 0.25) is 5.90 Å². The first-order chi connectivity index (χ1) is 9.36. The molecule has 0 radical (unpaired) electrons. The van der Waals surface area contributed by atoms with E-state index in [1.165, 1.54) is 0 Å². The van der Waals surface area contributed by atoms with Crippen LogP contribution in [0.5, 0.6) is 5.75 Å². The molecular weight excluding hydrogens is 238 g/mol. The van der Waals surface area contributed by atoms with E-state index in [4.69, 9.17) is 9.47 Å². The maximum absolute atomic E-state index is 5.92. The van der Waals surface area contributed by atoms with E-state index in [2.05, 4.69) is 4.99 Å². The number of ether oxygens (including phenoxy) is 2. The highest BCUT2D eigenvalue weighted by atomic mass is 16.5. The van der Waals surface area contributed by atoms with Gasteiger partial charge in [0.25, 0.3) is 0 Å². The van der Waals surface area contributed by atoms with Crippen molar-refractivity contribution >= 4 is 5.90 Å². The number of methoxy groups -OCH3 is 1. The molecule has 1 aliphatic heterocycles. The molecule has 96 valence electrons. The summed E-state index contributed by atoms with van der Waals surface area (Å²) in [6.07, 6.45) is 0.00103. The zero-order chi connectivity index (χ0) is 13.1. The van der Waals surface area contributed by atoms with Crippen molar-refractivity contribution in [2.24, 2.45) is 4.99 Å². The van der Waals surface area contributed by atoms with Crippen molar-refractivity contribution in [3.05, 3.63) is 65.7 Å². The Bertz CT molecular complexity index is 575. The van der Waals surface area contributed by atoms with Crippen LogP contribution in [0.4, 0.5) is 0 Å². The predicted octanol–water partition coefficient (Wildman–Crippen LogP) is 3.21. The largest absolute Gasteiger partial charge is 0.497 e. The highest BCUT2D eigenvalue weighted by molar-refractivity contribution is 5.95. The summed E-state index contributed by atoms with van der Waals surface area (Å²) in [6, 6.07) is 17.9. The van der Waals surface area contributed by atoms with Gasteiger partial charge in [-0.15, -0.1) is 0 Å². The average molecular weight is 253 g/mol. The van der Waals surface area contributed by atoms with Crippen LogP contribution in [0.2, 0.25) is 0 Å². The fourth-order valence-corrected chi connectivity index (χ4v) is 2.11. The van der Waals surface area contributed by atoms with Crippen LogP contribution < -0.4 is 4.74 Å². The third kappa shape index (κ3) is 2.45. The van der Waals surface area contributed by atoms with E-state index >= 15 is 0 Å². The predicted molar refractivity (Wildman–Crippen MR) is 74.7 cm³/mol. The maximum Gasteiger partial charge on any atom is 0.216 e. The molecule has 0 aliphatic carbocycles. The molecule has 0 spiro atoms. The summed E-state index contributed by atoms with van der Waals surface area (Å²) >= 11 is 0. The van der Waals surface area contributed by atoms with E-state index in [0.717, 1.165) is 22.8 Å². The normalized spacial score (nSPS) is 17.7. The van der Waals surface area contributed by atoms with E-state index in [9.17, 15) is 0 Å². The maximum atomic E-state index is 5.92. The summed E-state index contributed by atoms with van der Waals surface area (Å²) in [7, 11) is 1.66. The molecule has 1 aliphatic rings. The van der Waals surface area contributed by atoms with Crippen molar-refractivity contribution in [1.82, 2.24) is 0 Å². The van der Waals surface area contributed by atoms with Gasteiger partial charge in [-0.1, -0.05) is 30.3 Å². The van der Waals surface area contributed by atoms with Crippen LogP contribution in [-0.4, -0.2) is 19.6 Å². The van der Waals surface area contributed by atoms with Crippen LogP contribution >= 0.6 is 0 Å². The third-order valence-corrected chi connectivity index (χ3v) is 3.16. The Kier molecular flexibility index (Phi) is 3.19. The Labute approximate surface area is 112 Å². The lowest BCUT2D eigenvalue weighted by Crippen LogP contribution is -2.06. The molecule has 1 atom stereocenters. The summed E-state index contributed by atoms with van der Waals surface area (Å²) in [5, 5.41) is 0. The molecule has 0 bridgehead atoms. The quantitative estimate of drug-likeness (QED) is 0.841. The number of hydrogen-bond donors (Lipinski definition) is 0. The fraction of sp³-hybridized carbons (Fsp3) is 0.188. The van der Waals surface area contributed by atoms with Crippen LogP contribution in [0.3, 0.4) is 0 Å². The van der Waals surface area contributed by atoms with E-state index in [0.29, 0.717) is 6.54 Å². The van der Waals surface area contributed by atoms with Crippen LogP contribution in [0, 0.1) is 0 Å². The van der Waals surface area contributed by atoms with Crippen LogP contribution in [0.15, 0.2) is 59.6 Å². The second kappa shape index (κ2) is 5.14. The number of nitrogens with zero attached hydrogens (tertiary/aromatic N) is 1. The average Bonchev–Trinajstić information content (AvgIpc) is 2.98. The molecule has 0 fully saturated rings. The molecule has 3 rings (SSSR count). The van der Waals surface area contributed by atoms with Gasteiger partial charge < -0.3 is 9.47 Å². The number of hydrogen-bond acceptors (Lipinski definition) is 3. The van der Waals surface area contributed by atoms with E-state index in [1.54, 1.807) is 7.11 Å². The lowest BCUT2D eigenvalue weighted by atomic mass is 10.1. The smallest absolute Gasteiger partial charge is 0.216 e. The summed E-state index contributed by atoms with van der Waals surface area (Å²) < 4.78 is 11.1. The van der Waals surface area contributed by atoms with Gasteiger partial charge in [-0.25, -0.2) is 4.99 Å². The Hall–Kier alpha value is -2.29. The molecule has 0 unspecified atom stereocenters. The lowest BCUT2D eigenvalue weighted by Gasteiger charge is -2.12. The minimum absolute atomic E-state index is 0.00103. The molecule has 2 aromatic rings. The second-order valence-corrected chi connectivity index (χ2v) is 4.39. The first-order valence-electron chi connectivity index (χ1n) is 6.27.